The Balaban J connectivity index is 1.18. The number of aromatic nitrogens is 2. The molecular formula is C26H28N4O5. The molecule has 0 saturated carbocycles. The summed E-state index contributed by atoms with van der Waals surface area (Å²) in [5, 5.41) is 0. The molecule has 1 aromatic heterocycles. The predicted molar refractivity (Wildman–Crippen MR) is 131 cm³/mol. The van der Waals surface area contributed by atoms with E-state index in [0.717, 1.165) is 23.9 Å². The molecule has 3 aromatic rings. The maximum Gasteiger partial charge on any atom is 0.326 e. The molecule has 0 radical (unpaired) electrons. The number of ether oxygens (including phenoxy) is 1. The number of rotatable bonds is 6. The molecule has 0 bridgehead atoms. The quantitative estimate of drug-likeness (QED) is 0.551. The molecule has 2 aliphatic heterocycles. The lowest BCUT2D eigenvalue weighted by Crippen LogP contribution is -2.42. The minimum atomic E-state index is -0.185. The SMILES string of the molecule is CC(=O)c1ccc2c(c1)N(CCCC(=O)N1CCC(n3c(=O)[nH]c4ccccc43)CC1)C(=O)CO2. The van der Waals surface area contributed by atoms with E-state index in [4.69, 9.17) is 4.74 Å². The molecule has 0 spiro atoms. The van der Waals surface area contributed by atoms with Crippen molar-refractivity contribution in [3.05, 3.63) is 58.5 Å². The molecule has 1 saturated heterocycles. The molecule has 2 aliphatic rings. The first kappa shape index (κ1) is 22.9. The van der Waals surface area contributed by atoms with Crippen molar-refractivity contribution in [3.63, 3.8) is 0 Å². The third kappa shape index (κ3) is 4.45. The third-order valence-electron chi connectivity index (χ3n) is 6.89. The first-order valence-corrected chi connectivity index (χ1v) is 12.0. The zero-order chi connectivity index (χ0) is 24.5. The number of hydrogen-bond donors (Lipinski definition) is 1. The lowest BCUT2D eigenvalue weighted by atomic mass is 10.0. The summed E-state index contributed by atoms with van der Waals surface area (Å²) in [7, 11) is 0. The number of anilines is 1. The van der Waals surface area contributed by atoms with Crippen LogP contribution in [0.2, 0.25) is 0 Å². The van der Waals surface area contributed by atoms with Crippen molar-refractivity contribution in [3.8, 4) is 5.75 Å². The average molecular weight is 477 g/mol. The van der Waals surface area contributed by atoms with Crippen molar-refractivity contribution >= 4 is 34.3 Å². The Bertz CT molecular complexity index is 1350. The van der Waals surface area contributed by atoms with E-state index in [1.807, 2.05) is 33.7 Å². The largest absolute Gasteiger partial charge is 0.482 e. The highest BCUT2D eigenvalue weighted by Crippen LogP contribution is 2.33. The van der Waals surface area contributed by atoms with Crippen molar-refractivity contribution in [1.82, 2.24) is 14.5 Å². The topological polar surface area (TPSA) is 105 Å². The van der Waals surface area contributed by atoms with Gasteiger partial charge in [0.05, 0.1) is 16.7 Å². The molecule has 35 heavy (non-hydrogen) atoms. The second-order valence-corrected chi connectivity index (χ2v) is 9.11. The fraction of sp³-hybridized carbons (Fsp3) is 0.385. The Morgan fingerprint density at radius 1 is 1.09 bits per heavy atom. The van der Waals surface area contributed by atoms with E-state index in [1.54, 1.807) is 23.1 Å². The van der Waals surface area contributed by atoms with Crippen LogP contribution < -0.4 is 15.3 Å². The maximum atomic E-state index is 12.9. The van der Waals surface area contributed by atoms with Crippen LogP contribution in [0.5, 0.6) is 5.75 Å². The molecule has 2 aromatic carbocycles. The standard InChI is InChI=1S/C26H28N4O5/c1-17(31)18-8-9-23-22(15-18)29(25(33)16-35-23)12-4-7-24(32)28-13-10-19(11-14-28)30-21-6-3-2-5-20(21)27-26(30)34/h2-3,5-6,8-9,15,19H,4,7,10-14,16H2,1H3,(H,27,34). The number of piperidine rings is 1. The van der Waals surface area contributed by atoms with Gasteiger partial charge >= 0.3 is 5.69 Å². The summed E-state index contributed by atoms with van der Waals surface area (Å²) in [6.07, 6.45) is 2.27. The van der Waals surface area contributed by atoms with Crippen LogP contribution in [0.15, 0.2) is 47.3 Å². The summed E-state index contributed by atoms with van der Waals surface area (Å²) in [4.78, 5) is 55.9. The van der Waals surface area contributed by atoms with E-state index in [2.05, 4.69) is 4.98 Å². The first-order valence-electron chi connectivity index (χ1n) is 12.0. The van der Waals surface area contributed by atoms with Crippen LogP contribution in [0.1, 0.15) is 49.0 Å². The molecule has 0 atom stereocenters. The van der Waals surface area contributed by atoms with Gasteiger partial charge in [0.1, 0.15) is 5.75 Å². The summed E-state index contributed by atoms with van der Waals surface area (Å²) in [5.74, 6) is 0.346. The molecule has 1 fully saturated rings. The molecular weight excluding hydrogens is 448 g/mol. The molecule has 0 aliphatic carbocycles. The summed E-state index contributed by atoms with van der Waals surface area (Å²) in [6, 6.07) is 12.8. The van der Waals surface area contributed by atoms with Gasteiger partial charge in [0, 0.05) is 37.7 Å². The van der Waals surface area contributed by atoms with Gasteiger partial charge in [-0.2, -0.15) is 0 Å². The van der Waals surface area contributed by atoms with Crippen LogP contribution in [0.4, 0.5) is 5.69 Å². The number of carbonyl (C=O) groups excluding carboxylic acids is 3. The average Bonchev–Trinajstić information content (AvgIpc) is 3.20. The Hall–Kier alpha value is -3.88. The Labute approximate surface area is 202 Å². The van der Waals surface area contributed by atoms with Gasteiger partial charge in [-0.1, -0.05) is 12.1 Å². The van der Waals surface area contributed by atoms with Crippen LogP contribution >= 0.6 is 0 Å². The monoisotopic (exact) mass is 476 g/mol. The van der Waals surface area contributed by atoms with E-state index >= 15 is 0 Å². The number of likely N-dealkylation sites (tertiary alicyclic amines) is 1. The number of hydrogen-bond acceptors (Lipinski definition) is 5. The highest BCUT2D eigenvalue weighted by molar-refractivity contribution is 6.01. The van der Waals surface area contributed by atoms with E-state index in [-0.39, 0.29) is 35.9 Å². The van der Waals surface area contributed by atoms with Gasteiger partial charge < -0.3 is 19.5 Å². The first-order chi connectivity index (χ1) is 16.9. The van der Waals surface area contributed by atoms with Crippen molar-refractivity contribution in [2.24, 2.45) is 0 Å². The van der Waals surface area contributed by atoms with Gasteiger partial charge in [-0.15, -0.1) is 0 Å². The number of Topliss-reactive ketones (excluding diaryl/α,β-unsaturated/α-hetero) is 1. The number of nitrogens with zero attached hydrogens (tertiary/aromatic N) is 3. The van der Waals surface area contributed by atoms with E-state index < -0.39 is 0 Å². The van der Waals surface area contributed by atoms with E-state index in [9.17, 15) is 19.2 Å². The minimum Gasteiger partial charge on any atom is -0.482 e. The number of aromatic amines is 1. The Morgan fingerprint density at radius 2 is 1.86 bits per heavy atom. The number of carbonyl (C=O) groups is 3. The number of para-hydroxylation sites is 2. The zero-order valence-electron chi connectivity index (χ0n) is 19.7. The zero-order valence-corrected chi connectivity index (χ0v) is 19.7. The lowest BCUT2D eigenvalue weighted by Gasteiger charge is -2.33. The van der Waals surface area contributed by atoms with Crippen molar-refractivity contribution in [2.45, 2.75) is 38.6 Å². The van der Waals surface area contributed by atoms with Gasteiger partial charge in [0.2, 0.25) is 5.91 Å². The molecule has 182 valence electrons. The number of nitrogens with one attached hydrogen (secondary N) is 1. The van der Waals surface area contributed by atoms with Crippen molar-refractivity contribution in [1.29, 1.82) is 0 Å². The van der Waals surface area contributed by atoms with Gasteiger partial charge in [-0.25, -0.2) is 4.79 Å². The predicted octanol–water partition coefficient (Wildman–Crippen LogP) is 2.90. The number of H-pyrrole nitrogens is 1. The summed E-state index contributed by atoms with van der Waals surface area (Å²) < 4.78 is 7.31. The number of benzene rings is 2. The molecule has 5 rings (SSSR count). The van der Waals surface area contributed by atoms with E-state index in [0.29, 0.717) is 49.5 Å². The summed E-state index contributed by atoms with van der Waals surface area (Å²) in [5.41, 5.74) is 2.70. The second-order valence-electron chi connectivity index (χ2n) is 9.11. The number of ketones is 1. The lowest BCUT2D eigenvalue weighted by molar-refractivity contribution is -0.132. The van der Waals surface area contributed by atoms with Crippen molar-refractivity contribution in [2.75, 3.05) is 31.1 Å². The Kier molecular flexibility index (Phi) is 6.15. The van der Waals surface area contributed by atoms with E-state index in [1.165, 1.54) is 6.92 Å². The smallest absolute Gasteiger partial charge is 0.326 e. The Morgan fingerprint density at radius 3 is 2.63 bits per heavy atom. The van der Waals surface area contributed by atoms with Gasteiger partial charge in [-0.3, -0.25) is 19.0 Å². The van der Waals surface area contributed by atoms with Crippen LogP contribution in [0, 0.1) is 0 Å². The van der Waals surface area contributed by atoms with Crippen LogP contribution in [0.25, 0.3) is 11.0 Å². The van der Waals surface area contributed by atoms with Crippen LogP contribution in [0.3, 0.4) is 0 Å². The fourth-order valence-electron chi connectivity index (χ4n) is 5.02. The number of imidazole rings is 1. The summed E-state index contributed by atoms with van der Waals surface area (Å²) in [6.45, 7) is 2.99. The molecule has 3 heterocycles. The normalized spacial score (nSPS) is 16.3. The minimum absolute atomic E-state index is 0.0492. The highest BCUT2D eigenvalue weighted by atomic mass is 16.5. The molecule has 9 nitrogen and oxygen atoms in total. The van der Waals surface area contributed by atoms with Gasteiger partial charge in [0.25, 0.3) is 5.91 Å². The molecule has 9 heteroatoms. The second kappa shape index (κ2) is 9.40. The van der Waals surface area contributed by atoms with Crippen LogP contribution in [-0.2, 0) is 9.59 Å². The number of amides is 2. The fourth-order valence-corrected chi connectivity index (χ4v) is 5.02. The number of fused-ring (bicyclic) bond motifs is 2. The molecule has 2 amide bonds. The van der Waals surface area contributed by atoms with Crippen molar-refractivity contribution < 1.29 is 19.1 Å². The maximum absolute atomic E-state index is 12.9. The van der Waals surface area contributed by atoms with Crippen LogP contribution in [-0.4, -0.2) is 58.3 Å². The molecule has 0 unspecified atom stereocenters. The molecule has 1 N–H and O–H groups in total. The van der Waals surface area contributed by atoms with Gasteiger partial charge in [0.15, 0.2) is 12.4 Å². The summed E-state index contributed by atoms with van der Waals surface area (Å²) >= 11 is 0. The van der Waals surface area contributed by atoms with Gasteiger partial charge in [-0.05, 0) is 56.5 Å². The highest BCUT2D eigenvalue weighted by Gasteiger charge is 2.28. The third-order valence-corrected chi connectivity index (χ3v) is 6.89.